The fourth-order valence-corrected chi connectivity index (χ4v) is 3.22. The largest absolute Gasteiger partial charge is 0.493 e. The van der Waals surface area contributed by atoms with E-state index in [9.17, 15) is 4.79 Å². The van der Waals surface area contributed by atoms with Gasteiger partial charge in [-0.15, -0.1) is 5.10 Å². The Kier molecular flexibility index (Phi) is 9.73. The van der Waals surface area contributed by atoms with Crippen LogP contribution >= 0.6 is 11.8 Å². The molecule has 0 unspecified atom stereocenters. The number of rotatable bonds is 10. The molecule has 160 valence electrons. The first kappa shape index (κ1) is 23.3. The molecule has 0 bridgehead atoms. The van der Waals surface area contributed by atoms with Gasteiger partial charge < -0.3 is 20.1 Å². The van der Waals surface area contributed by atoms with Crippen LogP contribution in [0.15, 0.2) is 58.7 Å². The van der Waals surface area contributed by atoms with E-state index < -0.39 is 0 Å². The zero-order valence-corrected chi connectivity index (χ0v) is 18.4. The number of carbonyl (C=O) groups is 1. The van der Waals surface area contributed by atoms with Gasteiger partial charge in [-0.2, -0.15) is 5.10 Å². The summed E-state index contributed by atoms with van der Waals surface area (Å²) >= 11 is 1.42. The Morgan fingerprint density at radius 2 is 1.87 bits per heavy atom. The molecule has 0 atom stereocenters. The van der Waals surface area contributed by atoms with Gasteiger partial charge in [0.1, 0.15) is 0 Å². The van der Waals surface area contributed by atoms with E-state index in [0.29, 0.717) is 29.8 Å². The summed E-state index contributed by atoms with van der Waals surface area (Å²) in [6, 6.07) is 15.3. The maximum absolute atomic E-state index is 12.1. The lowest BCUT2D eigenvalue weighted by Gasteiger charge is -2.19. The Hall–Kier alpha value is -3.00. The molecule has 0 heterocycles. The average Bonchev–Trinajstić information content (AvgIpc) is 2.78. The Bertz CT molecular complexity index is 868. The zero-order valence-electron chi connectivity index (χ0n) is 17.6. The summed E-state index contributed by atoms with van der Waals surface area (Å²) in [7, 11) is 1.55. The van der Waals surface area contributed by atoms with Crippen molar-refractivity contribution in [2.24, 2.45) is 15.9 Å². The van der Waals surface area contributed by atoms with Gasteiger partial charge in [-0.05, 0) is 43.2 Å². The van der Waals surface area contributed by atoms with Crippen LogP contribution in [-0.4, -0.2) is 49.0 Å². The van der Waals surface area contributed by atoms with Gasteiger partial charge in [-0.1, -0.05) is 42.1 Å². The standard InChI is InChI=1S/C22H28N4O3S/c1-4-26(5-2)21(27)15-29-19-12-11-18(13-20(19)28-3)14-24-25-22(23)30-16-17-9-7-6-8-10-17/h6-14H,4-5,15-16H2,1-3H3,(H2,23,25). The normalized spacial score (nSPS) is 11.5. The van der Waals surface area contributed by atoms with E-state index in [4.69, 9.17) is 15.2 Å². The van der Waals surface area contributed by atoms with E-state index in [1.165, 1.54) is 17.3 Å². The molecule has 0 saturated carbocycles. The highest BCUT2D eigenvalue weighted by atomic mass is 32.2. The van der Waals surface area contributed by atoms with Gasteiger partial charge in [0.15, 0.2) is 23.3 Å². The maximum atomic E-state index is 12.1. The number of amides is 1. The number of likely N-dealkylation sites (N-methyl/N-ethyl adjacent to an activating group) is 1. The molecule has 0 spiro atoms. The second-order valence-electron chi connectivity index (χ2n) is 6.22. The molecule has 7 nitrogen and oxygen atoms in total. The van der Waals surface area contributed by atoms with Gasteiger partial charge in [0.2, 0.25) is 0 Å². The first-order chi connectivity index (χ1) is 14.6. The molecule has 2 aromatic carbocycles. The molecule has 1 amide bonds. The lowest BCUT2D eigenvalue weighted by atomic mass is 10.2. The van der Waals surface area contributed by atoms with Crippen molar-refractivity contribution in [2.45, 2.75) is 19.6 Å². The number of amidine groups is 1. The molecule has 0 aliphatic rings. The summed E-state index contributed by atoms with van der Waals surface area (Å²) < 4.78 is 11.0. The van der Waals surface area contributed by atoms with Crippen LogP contribution in [0, 0.1) is 0 Å². The molecule has 2 rings (SSSR count). The number of nitrogens with two attached hydrogens (primary N) is 1. The van der Waals surface area contributed by atoms with Crippen molar-refractivity contribution in [3.05, 3.63) is 59.7 Å². The van der Waals surface area contributed by atoms with Crippen molar-refractivity contribution in [2.75, 3.05) is 26.8 Å². The molecule has 0 aliphatic carbocycles. The molecule has 0 fully saturated rings. The lowest BCUT2D eigenvalue weighted by molar-refractivity contribution is -0.132. The minimum atomic E-state index is -0.0643. The molecule has 8 heteroatoms. The summed E-state index contributed by atoms with van der Waals surface area (Å²) in [5.74, 6) is 1.68. The molecule has 2 aromatic rings. The number of thioether (sulfide) groups is 1. The second-order valence-corrected chi connectivity index (χ2v) is 7.22. The van der Waals surface area contributed by atoms with E-state index in [1.807, 2.05) is 50.2 Å². The molecular formula is C22H28N4O3S. The van der Waals surface area contributed by atoms with Crippen LogP contribution in [0.25, 0.3) is 0 Å². The van der Waals surface area contributed by atoms with Gasteiger partial charge in [-0.25, -0.2) is 0 Å². The third-order valence-corrected chi connectivity index (χ3v) is 5.10. The quantitative estimate of drug-likeness (QED) is 0.355. The molecular weight excluding hydrogens is 400 g/mol. The fourth-order valence-electron chi connectivity index (χ4n) is 2.60. The SMILES string of the molecule is CCN(CC)C(=O)COc1ccc(C=NN=C(N)SCc2ccccc2)cc1OC. The second kappa shape index (κ2) is 12.5. The number of hydrogen-bond donors (Lipinski definition) is 1. The van der Waals surface area contributed by atoms with Gasteiger partial charge in [-0.3, -0.25) is 4.79 Å². The zero-order chi connectivity index (χ0) is 21.8. The number of carbonyl (C=O) groups excluding carboxylic acids is 1. The van der Waals surface area contributed by atoms with E-state index >= 15 is 0 Å². The van der Waals surface area contributed by atoms with Crippen molar-refractivity contribution in [3.63, 3.8) is 0 Å². The first-order valence-electron chi connectivity index (χ1n) is 9.69. The van der Waals surface area contributed by atoms with Crippen molar-refractivity contribution < 1.29 is 14.3 Å². The molecule has 2 N–H and O–H groups in total. The van der Waals surface area contributed by atoms with Crippen LogP contribution in [0.2, 0.25) is 0 Å². The fraction of sp³-hybridized carbons (Fsp3) is 0.318. The first-order valence-corrected chi connectivity index (χ1v) is 10.7. The lowest BCUT2D eigenvalue weighted by Crippen LogP contribution is -2.34. The Balaban J connectivity index is 1.94. The molecule has 30 heavy (non-hydrogen) atoms. The van der Waals surface area contributed by atoms with Crippen LogP contribution in [0.4, 0.5) is 0 Å². The van der Waals surface area contributed by atoms with E-state index in [1.54, 1.807) is 30.4 Å². The highest BCUT2D eigenvalue weighted by molar-refractivity contribution is 8.13. The van der Waals surface area contributed by atoms with Crippen LogP contribution in [0.3, 0.4) is 0 Å². The Morgan fingerprint density at radius 3 is 2.53 bits per heavy atom. The van der Waals surface area contributed by atoms with Crippen molar-refractivity contribution in [1.29, 1.82) is 0 Å². The van der Waals surface area contributed by atoms with Crippen LogP contribution in [0.1, 0.15) is 25.0 Å². The van der Waals surface area contributed by atoms with Crippen LogP contribution < -0.4 is 15.2 Å². The van der Waals surface area contributed by atoms with Gasteiger partial charge in [0, 0.05) is 18.8 Å². The summed E-state index contributed by atoms with van der Waals surface area (Å²) in [6.07, 6.45) is 1.59. The van der Waals surface area contributed by atoms with E-state index in [0.717, 1.165) is 11.3 Å². The summed E-state index contributed by atoms with van der Waals surface area (Å²) in [4.78, 5) is 13.8. The number of ether oxygens (including phenoxy) is 2. The van der Waals surface area contributed by atoms with E-state index in [2.05, 4.69) is 10.2 Å². The minimum Gasteiger partial charge on any atom is -0.493 e. The van der Waals surface area contributed by atoms with E-state index in [-0.39, 0.29) is 12.5 Å². The minimum absolute atomic E-state index is 0.0368. The average molecular weight is 429 g/mol. The number of benzene rings is 2. The Labute approximate surface area is 182 Å². The molecule has 0 saturated heterocycles. The highest BCUT2D eigenvalue weighted by Crippen LogP contribution is 2.27. The van der Waals surface area contributed by atoms with Gasteiger partial charge >= 0.3 is 0 Å². The van der Waals surface area contributed by atoms with Crippen LogP contribution in [0.5, 0.6) is 11.5 Å². The predicted molar refractivity (Wildman–Crippen MR) is 123 cm³/mol. The van der Waals surface area contributed by atoms with Gasteiger partial charge in [0.05, 0.1) is 13.3 Å². The van der Waals surface area contributed by atoms with Crippen LogP contribution in [-0.2, 0) is 10.5 Å². The third-order valence-electron chi connectivity index (χ3n) is 4.25. The third kappa shape index (κ3) is 7.44. The monoisotopic (exact) mass is 428 g/mol. The summed E-state index contributed by atoms with van der Waals surface area (Å²) in [5.41, 5.74) is 7.85. The predicted octanol–water partition coefficient (Wildman–Crippen LogP) is 3.52. The highest BCUT2D eigenvalue weighted by Gasteiger charge is 2.12. The smallest absolute Gasteiger partial charge is 0.260 e. The molecule has 0 radical (unpaired) electrons. The van der Waals surface area contributed by atoms with Crippen molar-refractivity contribution >= 4 is 29.1 Å². The molecule has 0 aromatic heterocycles. The topological polar surface area (TPSA) is 89.5 Å². The number of hydrogen-bond acceptors (Lipinski definition) is 6. The molecule has 0 aliphatic heterocycles. The van der Waals surface area contributed by atoms with Crippen molar-refractivity contribution in [3.8, 4) is 11.5 Å². The van der Waals surface area contributed by atoms with Gasteiger partial charge in [0.25, 0.3) is 5.91 Å². The number of nitrogens with zero attached hydrogens (tertiary/aromatic N) is 3. The van der Waals surface area contributed by atoms with Crippen molar-refractivity contribution in [1.82, 2.24) is 4.90 Å². The Morgan fingerprint density at radius 1 is 1.13 bits per heavy atom. The maximum Gasteiger partial charge on any atom is 0.260 e. The number of methoxy groups -OCH3 is 1. The summed E-state index contributed by atoms with van der Waals surface area (Å²) in [6.45, 7) is 5.14. The summed E-state index contributed by atoms with van der Waals surface area (Å²) in [5, 5.41) is 8.44.